The summed E-state index contributed by atoms with van der Waals surface area (Å²) in [6, 6.07) is 9.02. The van der Waals surface area contributed by atoms with Gasteiger partial charge in [-0.1, -0.05) is 36.2 Å². The molecular weight excluding hydrogens is 296 g/mol. The third kappa shape index (κ3) is 3.51. The predicted octanol–water partition coefficient (Wildman–Crippen LogP) is 3.26. The number of carbonyl (C=O) groups excluding carboxylic acids is 1. The molecule has 0 N–H and O–H groups in total. The standard InChI is InChI=1S/C21H30N2O/c1-16-5-7-17(8-6-16)11-21(24)23-14-19-9-10-20(15-23)22(13-19)12-18-3-2-4-18/h5-8,18-20H,2-4,9-15H2,1H3/t19-,20-/m0/s1. The van der Waals surface area contributed by atoms with Crippen molar-refractivity contribution >= 4 is 5.91 Å². The Morgan fingerprint density at radius 1 is 1.04 bits per heavy atom. The molecule has 3 aliphatic heterocycles. The van der Waals surface area contributed by atoms with Crippen LogP contribution in [0, 0.1) is 18.8 Å². The molecule has 24 heavy (non-hydrogen) atoms. The molecule has 0 radical (unpaired) electrons. The lowest BCUT2D eigenvalue weighted by atomic mass is 9.83. The van der Waals surface area contributed by atoms with Gasteiger partial charge in [-0.25, -0.2) is 0 Å². The number of fused-ring (bicyclic) bond motifs is 4. The number of rotatable bonds is 4. The van der Waals surface area contributed by atoms with Crippen LogP contribution in [0.4, 0.5) is 0 Å². The lowest BCUT2D eigenvalue weighted by molar-refractivity contribution is -0.130. The number of carbonyl (C=O) groups is 1. The highest BCUT2D eigenvalue weighted by molar-refractivity contribution is 5.79. The van der Waals surface area contributed by atoms with E-state index < -0.39 is 0 Å². The molecule has 0 aromatic heterocycles. The Morgan fingerprint density at radius 2 is 1.83 bits per heavy atom. The Bertz CT molecular complexity index is 578. The van der Waals surface area contributed by atoms with Gasteiger partial charge < -0.3 is 4.90 Å². The zero-order chi connectivity index (χ0) is 16.5. The predicted molar refractivity (Wildman–Crippen MR) is 96.9 cm³/mol. The molecule has 2 bridgehead atoms. The van der Waals surface area contributed by atoms with Crippen LogP contribution in [-0.2, 0) is 11.2 Å². The molecule has 3 nitrogen and oxygen atoms in total. The first-order valence-corrected chi connectivity index (χ1v) is 9.75. The topological polar surface area (TPSA) is 23.6 Å². The zero-order valence-corrected chi connectivity index (χ0v) is 14.9. The summed E-state index contributed by atoms with van der Waals surface area (Å²) in [6.45, 7) is 6.52. The summed E-state index contributed by atoms with van der Waals surface area (Å²) in [5.74, 6) is 1.94. The van der Waals surface area contributed by atoms with Gasteiger partial charge in [0, 0.05) is 32.2 Å². The second-order valence-electron chi connectivity index (χ2n) is 8.31. The van der Waals surface area contributed by atoms with Crippen LogP contribution in [0.3, 0.4) is 0 Å². The van der Waals surface area contributed by atoms with Crippen molar-refractivity contribution in [3.8, 4) is 0 Å². The highest BCUT2D eigenvalue weighted by atomic mass is 16.2. The summed E-state index contributed by atoms with van der Waals surface area (Å²) in [5.41, 5.74) is 2.40. The van der Waals surface area contributed by atoms with Gasteiger partial charge in [-0.15, -0.1) is 0 Å². The van der Waals surface area contributed by atoms with Crippen molar-refractivity contribution in [2.45, 2.75) is 51.5 Å². The van der Waals surface area contributed by atoms with Crippen LogP contribution in [0.2, 0.25) is 0 Å². The maximum absolute atomic E-state index is 12.8. The van der Waals surface area contributed by atoms with E-state index in [9.17, 15) is 4.79 Å². The van der Waals surface area contributed by atoms with Gasteiger partial charge in [0.15, 0.2) is 0 Å². The number of aryl methyl sites for hydroxylation is 1. The normalized spacial score (nSPS) is 27.8. The van der Waals surface area contributed by atoms with Gasteiger partial charge in [0.2, 0.25) is 5.91 Å². The Balaban J connectivity index is 1.39. The minimum atomic E-state index is 0.321. The molecule has 1 aromatic carbocycles. The van der Waals surface area contributed by atoms with Gasteiger partial charge in [-0.05, 0) is 50.0 Å². The van der Waals surface area contributed by atoms with Crippen LogP contribution in [0.25, 0.3) is 0 Å². The highest BCUT2D eigenvalue weighted by Crippen LogP contribution is 2.33. The number of piperidine rings is 1. The molecule has 3 saturated heterocycles. The summed E-state index contributed by atoms with van der Waals surface area (Å²) in [4.78, 5) is 17.7. The minimum Gasteiger partial charge on any atom is -0.341 e. The van der Waals surface area contributed by atoms with E-state index in [0.29, 0.717) is 24.3 Å². The van der Waals surface area contributed by atoms with Crippen molar-refractivity contribution in [1.29, 1.82) is 0 Å². The lowest BCUT2D eigenvalue weighted by Gasteiger charge is -2.40. The molecule has 2 atom stereocenters. The van der Waals surface area contributed by atoms with Crippen LogP contribution in [0.15, 0.2) is 24.3 Å². The van der Waals surface area contributed by atoms with Crippen LogP contribution in [0.1, 0.15) is 43.2 Å². The first kappa shape index (κ1) is 16.1. The van der Waals surface area contributed by atoms with Crippen molar-refractivity contribution in [2.24, 2.45) is 11.8 Å². The first-order valence-electron chi connectivity index (χ1n) is 9.75. The summed E-state index contributed by atoms with van der Waals surface area (Å²) in [6.07, 6.45) is 7.41. The monoisotopic (exact) mass is 326 g/mol. The van der Waals surface area contributed by atoms with Crippen molar-refractivity contribution in [2.75, 3.05) is 26.2 Å². The number of amides is 1. The SMILES string of the molecule is Cc1ccc(CC(=O)N2C[C@H]3CC[C@@H](C2)N(CC2CCC2)C3)cc1. The van der Waals surface area contributed by atoms with Crippen molar-refractivity contribution < 1.29 is 4.79 Å². The van der Waals surface area contributed by atoms with Gasteiger partial charge in [0.1, 0.15) is 0 Å². The second-order valence-corrected chi connectivity index (χ2v) is 8.31. The van der Waals surface area contributed by atoms with Crippen molar-refractivity contribution in [1.82, 2.24) is 9.80 Å². The summed E-state index contributed by atoms with van der Waals surface area (Å²) in [7, 11) is 0. The summed E-state index contributed by atoms with van der Waals surface area (Å²) < 4.78 is 0. The molecule has 1 saturated carbocycles. The van der Waals surface area contributed by atoms with E-state index in [1.54, 1.807) is 0 Å². The quantitative estimate of drug-likeness (QED) is 0.848. The van der Waals surface area contributed by atoms with Crippen molar-refractivity contribution in [3.05, 3.63) is 35.4 Å². The highest BCUT2D eigenvalue weighted by Gasteiger charge is 2.37. The number of hydrogen-bond acceptors (Lipinski definition) is 2. The molecule has 4 aliphatic rings. The van der Waals surface area contributed by atoms with Gasteiger partial charge in [-0.2, -0.15) is 0 Å². The van der Waals surface area contributed by atoms with E-state index >= 15 is 0 Å². The van der Waals surface area contributed by atoms with Gasteiger partial charge >= 0.3 is 0 Å². The molecule has 5 rings (SSSR count). The molecule has 1 aromatic rings. The van der Waals surface area contributed by atoms with Crippen LogP contribution < -0.4 is 0 Å². The van der Waals surface area contributed by atoms with Crippen LogP contribution in [0.5, 0.6) is 0 Å². The van der Waals surface area contributed by atoms with E-state index in [-0.39, 0.29) is 0 Å². The third-order valence-electron chi connectivity index (χ3n) is 6.37. The van der Waals surface area contributed by atoms with E-state index in [4.69, 9.17) is 0 Å². The molecular formula is C21H30N2O. The van der Waals surface area contributed by atoms with Gasteiger partial charge in [-0.3, -0.25) is 9.69 Å². The number of nitrogens with zero attached hydrogens (tertiary/aromatic N) is 2. The van der Waals surface area contributed by atoms with Crippen molar-refractivity contribution in [3.63, 3.8) is 0 Å². The Labute approximate surface area is 146 Å². The molecule has 4 fully saturated rings. The largest absolute Gasteiger partial charge is 0.341 e. The fourth-order valence-electron chi connectivity index (χ4n) is 4.61. The molecule has 3 heteroatoms. The van der Waals surface area contributed by atoms with Crippen LogP contribution in [-0.4, -0.2) is 47.9 Å². The first-order chi connectivity index (χ1) is 11.7. The smallest absolute Gasteiger partial charge is 0.227 e. The number of benzene rings is 1. The van der Waals surface area contributed by atoms with E-state index in [1.165, 1.54) is 50.8 Å². The fraction of sp³-hybridized carbons (Fsp3) is 0.667. The van der Waals surface area contributed by atoms with E-state index in [1.807, 2.05) is 0 Å². The molecule has 0 spiro atoms. The average molecular weight is 326 g/mol. The van der Waals surface area contributed by atoms with Gasteiger partial charge in [0.05, 0.1) is 6.42 Å². The fourth-order valence-corrected chi connectivity index (χ4v) is 4.61. The second kappa shape index (κ2) is 6.87. The Hall–Kier alpha value is -1.35. The Morgan fingerprint density at radius 3 is 2.54 bits per heavy atom. The minimum absolute atomic E-state index is 0.321. The molecule has 130 valence electrons. The maximum atomic E-state index is 12.8. The molecule has 1 aliphatic carbocycles. The third-order valence-corrected chi connectivity index (χ3v) is 6.37. The van der Waals surface area contributed by atoms with E-state index in [2.05, 4.69) is 41.0 Å². The van der Waals surface area contributed by atoms with E-state index in [0.717, 1.165) is 24.6 Å². The van der Waals surface area contributed by atoms with Crippen LogP contribution >= 0.6 is 0 Å². The lowest BCUT2D eigenvalue weighted by Crippen LogP contribution is -2.47. The molecule has 0 unspecified atom stereocenters. The molecule has 1 amide bonds. The number of hydrogen-bond donors (Lipinski definition) is 0. The Kier molecular flexibility index (Phi) is 4.62. The summed E-state index contributed by atoms with van der Waals surface area (Å²) >= 11 is 0. The average Bonchev–Trinajstić information content (AvgIpc) is 2.85. The molecule has 3 heterocycles. The maximum Gasteiger partial charge on any atom is 0.227 e. The summed E-state index contributed by atoms with van der Waals surface area (Å²) in [5, 5.41) is 0. The van der Waals surface area contributed by atoms with Gasteiger partial charge in [0.25, 0.3) is 0 Å². The zero-order valence-electron chi connectivity index (χ0n) is 14.9.